The molecule has 0 aliphatic heterocycles. The third-order valence-corrected chi connectivity index (χ3v) is 4.59. The molecule has 0 saturated heterocycles. The highest BCUT2D eigenvalue weighted by atomic mass is 32.2. The number of fused-ring (bicyclic) bond motifs is 3. The van der Waals surface area contributed by atoms with Gasteiger partial charge in [0.15, 0.2) is 16.6 Å². The fourth-order valence-corrected chi connectivity index (χ4v) is 3.31. The molecule has 25 heavy (non-hydrogen) atoms. The van der Waals surface area contributed by atoms with Crippen molar-refractivity contribution in [3.05, 3.63) is 42.2 Å². The van der Waals surface area contributed by atoms with E-state index in [-0.39, 0.29) is 5.75 Å². The average Bonchev–Trinajstić information content (AvgIpc) is 3.14. The van der Waals surface area contributed by atoms with Crippen molar-refractivity contribution in [3.8, 4) is 0 Å². The first-order valence-electron chi connectivity index (χ1n) is 7.37. The Balaban J connectivity index is 1.92. The molecule has 126 valence electrons. The molecule has 1 aromatic carbocycles. The largest absolute Gasteiger partial charge is 0.481 e. The maximum atomic E-state index is 10.9. The Morgan fingerprint density at radius 2 is 2.00 bits per heavy atom. The summed E-state index contributed by atoms with van der Waals surface area (Å²) in [5.41, 5.74) is 8.32. The lowest BCUT2D eigenvalue weighted by atomic mass is 10.2. The van der Waals surface area contributed by atoms with Crippen molar-refractivity contribution >= 4 is 40.5 Å². The molecular weight excluding hydrogens is 342 g/mol. The highest BCUT2D eigenvalue weighted by molar-refractivity contribution is 7.99. The van der Waals surface area contributed by atoms with Gasteiger partial charge in [0.25, 0.3) is 0 Å². The fraction of sp³-hybridized carbons (Fsp3) is 0.133. The van der Waals surface area contributed by atoms with Crippen molar-refractivity contribution in [1.29, 1.82) is 0 Å². The van der Waals surface area contributed by atoms with Crippen LogP contribution in [0.25, 0.3) is 16.9 Å². The molecule has 0 unspecified atom stereocenters. The van der Waals surface area contributed by atoms with E-state index in [0.717, 1.165) is 17.3 Å². The van der Waals surface area contributed by atoms with E-state index < -0.39 is 5.97 Å². The molecule has 3 aromatic heterocycles. The fourth-order valence-electron chi connectivity index (χ4n) is 2.65. The molecule has 0 aliphatic rings. The number of benzene rings is 1. The molecule has 9 nitrogen and oxygen atoms in total. The zero-order chi connectivity index (χ0) is 17.4. The van der Waals surface area contributed by atoms with E-state index >= 15 is 0 Å². The van der Waals surface area contributed by atoms with Gasteiger partial charge in [-0.3, -0.25) is 9.36 Å². The second-order valence-electron chi connectivity index (χ2n) is 5.30. The third-order valence-electron chi connectivity index (χ3n) is 3.68. The number of rotatable bonds is 5. The first-order valence-corrected chi connectivity index (χ1v) is 8.36. The monoisotopic (exact) mass is 355 g/mol. The summed E-state index contributed by atoms with van der Waals surface area (Å²) in [5.74, 6) is -0.226. The summed E-state index contributed by atoms with van der Waals surface area (Å²) in [6, 6.07) is 9.87. The predicted molar refractivity (Wildman–Crippen MR) is 92.4 cm³/mol. The van der Waals surface area contributed by atoms with Gasteiger partial charge in [-0.15, -0.1) is 10.2 Å². The summed E-state index contributed by atoms with van der Waals surface area (Å²) in [4.78, 5) is 19.3. The van der Waals surface area contributed by atoms with Crippen LogP contribution in [0.5, 0.6) is 0 Å². The van der Waals surface area contributed by atoms with Crippen molar-refractivity contribution in [3.63, 3.8) is 0 Å². The van der Waals surface area contributed by atoms with Crippen LogP contribution in [0.15, 0.2) is 41.8 Å². The van der Waals surface area contributed by atoms with Gasteiger partial charge in [-0.2, -0.15) is 0 Å². The van der Waals surface area contributed by atoms with Gasteiger partial charge in [-0.25, -0.2) is 14.4 Å². The topological polar surface area (TPSA) is 124 Å². The number of anilines is 1. The molecule has 0 fully saturated rings. The van der Waals surface area contributed by atoms with Crippen LogP contribution in [0.3, 0.4) is 0 Å². The summed E-state index contributed by atoms with van der Waals surface area (Å²) in [6.07, 6.45) is 1.40. The number of carbonyl (C=O) groups is 1. The summed E-state index contributed by atoms with van der Waals surface area (Å²) < 4.78 is 3.60. The van der Waals surface area contributed by atoms with Crippen LogP contribution in [0, 0.1) is 0 Å². The van der Waals surface area contributed by atoms with Crippen LogP contribution in [0.2, 0.25) is 0 Å². The van der Waals surface area contributed by atoms with E-state index in [1.54, 1.807) is 4.40 Å². The lowest BCUT2D eigenvalue weighted by Gasteiger charge is -2.04. The standard InChI is InChI=1S/C15H13N7O2S/c16-12-11-13(18-8-17-12)21(6-9-4-2-1-3-5-9)14-19-20-15(22(11)14)25-7-10(23)24/h1-5,8H,6-7H2,(H,23,24)(H2,16,17,18). The molecule has 0 bridgehead atoms. The second kappa shape index (κ2) is 6.06. The normalized spacial score (nSPS) is 11.4. The van der Waals surface area contributed by atoms with E-state index in [4.69, 9.17) is 10.8 Å². The number of carboxylic acids is 1. The zero-order valence-electron chi connectivity index (χ0n) is 12.9. The number of nitrogen functional groups attached to an aromatic ring is 1. The minimum atomic E-state index is -0.931. The first-order chi connectivity index (χ1) is 12.1. The van der Waals surface area contributed by atoms with Gasteiger partial charge in [0.05, 0.1) is 12.3 Å². The number of aliphatic carboxylic acids is 1. The van der Waals surface area contributed by atoms with Crippen LogP contribution in [-0.2, 0) is 11.3 Å². The van der Waals surface area contributed by atoms with Crippen LogP contribution >= 0.6 is 11.8 Å². The molecule has 0 spiro atoms. The second-order valence-corrected chi connectivity index (χ2v) is 6.25. The molecule has 0 saturated carbocycles. The minimum Gasteiger partial charge on any atom is -0.481 e. The van der Waals surface area contributed by atoms with Crippen molar-refractivity contribution in [2.75, 3.05) is 11.5 Å². The number of nitrogens with zero attached hydrogens (tertiary/aromatic N) is 6. The molecular formula is C15H13N7O2S. The number of imidazole rings is 1. The molecule has 0 amide bonds. The summed E-state index contributed by atoms with van der Waals surface area (Å²) in [5, 5.41) is 17.7. The van der Waals surface area contributed by atoms with Crippen LogP contribution in [-0.4, -0.2) is 46.0 Å². The lowest BCUT2D eigenvalue weighted by molar-refractivity contribution is -0.133. The van der Waals surface area contributed by atoms with Crippen LogP contribution in [0.4, 0.5) is 5.82 Å². The Kier molecular flexibility index (Phi) is 3.73. The minimum absolute atomic E-state index is 0.125. The molecule has 3 heterocycles. The maximum Gasteiger partial charge on any atom is 0.313 e. The van der Waals surface area contributed by atoms with E-state index in [0.29, 0.717) is 34.5 Å². The number of thioether (sulfide) groups is 1. The number of nitrogens with two attached hydrogens (primary N) is 1. The highest BCUT2D eigenvalue weighted by Gasteiger charge is 2.21. The van der Waals surface area contributed by atoms with Gasteiger partial charge >= 0.3 is 5.97 Å². The molecule has 4 aromatic rings. The van der Waals surface area contributed by atoms with Gasteiger partial charge in [0, 0.05) is 0 Å². The molecule has 0 aliphatic carbocycles. The first kappa shape index (κ1) is 15.4. The van der Waals surface area contributed by atoms with Crippen molar-refractivity contribution in [2.45, 2.75) is 11.7 Å². The van der Waals surface area contributed by atoms with Gasteiger partial charge in [0.1, 0.15) is 11.8 Å². The molecule has 0 radical (unpaired) electrons. The average molecular weight is 355 g/mol. The van der Waals surface area contributed by atoms with E-state index in [9.17, 15) is 4.79 Å². The van der Waals surface area contributed by atoms with Crippen LogP contribution < -0.4 is 5.73 Å². The Morgan fingerprint density at radius 1 is 1.20 bits per heavy atom. The quantitative estimate of drug-likeness (QED) is 0.513. The Bertz CT molecular complexity index is 1070. The van der Waals surface area contributed by atoms with Gasteiger partial charge in [-0.05, 0) is 5.56 Å². The van der Waals surface area contributed by atoms with Gasteiger partial charge in [0.2, 0.25) is 5.78 Å². The number of hydrogen-bond donors (Lipinski definition) is 2. The Labute approximate surface area is 145 Å². The molecule has 0 atom stereocenters. The lowest BCUT2D eigenvalue weighted by Crippen LogP contribution is -2.02. The van der Waals surface area contributed by atoms with Gasteiger partial charge in [-0.1, -0.05) is 42.1 Å². The number of carboxylic acid groups (broad SMARTS) is 1. The molecule has 3 N–H and O–H groups in total. The van der Waals surface area contributed by atoms with Gasteiger partial charge < -0.3 is 10.8 Å². The smallest absolute Gasteiger partial charge is 0.313 e. The molecule has 4 rings (SSSR count). The van der Waals surface area contributed by atoms with E-state index in [1.807, 2.05) is 34.9 Å². The summed E-state index contributed by atoms with van der Waals surface area (Å²) >= 11 is 1.07. The van der Waals surface area contributed by atoms with E-state index in [1.165, 1.54) is 6.33 Å². The van der Waals surface area contributed by atoms with Crippen molar-refractivity contribution < 1.29 is 9.90 Å². The maximum absolute atomic E-state index is 10.9. The van der Waals surface area contributed by atoms with Crippen LogP contribution in [0.1, 0.15) is 5.56 Å². The predicted octanol–water partition coefficient (Wildman–Crippen LogP) is 1.28. The van der Waals surface area contributed by atoms with E-state index in [2.05, 4.69) is 20.2 Å². The zero-order valence-corrected chi connectivity index (χ0v) is 13.7. The highest BCUT2D eigenvalue weighted by Crippen LogP contribution is 2.27. The Hall–Kier alpha value is -3.14. The Morgan fingerprint density at radius 3 is 2.76 bits per heavy atom. The summed E-state index contributed by atoms with van der Waals surface area (Å²) in [7, 11) is 0. The third kappa shape index (κ3) is 2.66. The summed E-state index contributed by atoms with van der Waals surface area (Å²) in [6.45, 7) is 0.534. The number of hydrogen-bond acceptors (Lipinski definition) is 7. The van der Waals surface area contributed by atoms with Crippen molar-refractivity contribution in [2.24, 2.45) is 0 Å². The number of aromatic nitrogens is 6. The van der Waals surface area contributed by atoms with Crippen molar-refractivity contribution in [1.82, 2.24) is 29.1 Å². The SMILES string of the molecule is Nc1ncnc2c1n1c(SCC(=O)O)nnc1n2Cc1ccccc1. The molecule has 10 heteroatoms.